The number of pyridine rings is 2. The molecule has 0 amide bonds. The van der Waals surface area contributed by atoms with Gasteiger partial charge < -0.3 is 9.97 Å². The van der Waals surface area contributed by atoms with Gasteiger partial charge in [-0.1, -0.05) is 118 Å². The van der Waals surface area contributed by atoms with Gasteiger partial charge in [0.2, 0.25) is 0 Å². The summed E-state index contributed by atoms with van der Waals surface area (Å²) in [5.74, 6) is -0.155. The van der Waals surface area contributed by atoms with Crippen LogP contribution in [0, 0.1) is 24.9 Å². The first kappa shape index (κ1) is 28.8. The Labute approximate surface area is 316 Å². The molecule has 7 aromatic rings. The second-order valence-electron chi connectivity index (χ2n) is 13.0. The third-order valence-corrected chi connectivity index (χ3v) is 10.6. The summed E-state index contributed by atoms with van der Waals surface area (Å²) in [5.41, 5.74) is 6.05. The zero-order valence-corrected chi connectivity index (χ0v) is 31.0. The molecule has 0 saturated heterocycles. The number of nitrogens with zero attached hydrogens (tertiary/aromatic N) is 2. The number of thiophene rings is 1. The fourth-order valence-electron chi connectivity index (χ4n) is 6.55. The molecule has 1 fully saturated rings. The van der Waals surface area contributed by atoms with Gasteiger partial charge in [0.25, 0.3) is 0 Å². The molecule has 8 rings (SSSR count). The molecule has 0 atom stereocenters. The normalized spacial score (nSPS) is 15.5. The Hall–Kier alpha value is -3.95. The molecule has 0 spiro atoms. The van der Waals surface area contributed by atoms with Crippen molar-refractivity contribution in [3.63, 3.8) is 0 Å². The van der Waals surface area contributed by atoms with Crippen LogP contribution in [0.1, 0.15) is 75.1 Å². The average Bonchev–Trinajstić information content (AvgIpc) is 3.57. The van der Waals surface area contributed by atoms with Gasteiger partial charge in [-0.25, -0.2) is 0 Å². The first-order chi connectivity index (χ1) is 25.4. The molecule has 4 aromatic carbocycles. The molecule has 1 aliphatic carbocycles. The Morgan fingerprint density at radius 3 is 2.35 bits per heavy atom. The van der Waals surface area contributed by atoms with Crippen LogP contribution in [0.2, 0.25) is 0 Å². The fraction of sp³-hybridized carbons (Fsp3) is 0.244. The van der Waals surface area contributed by atoms with Crippen LogP contribution in [0.4, 0.5) is 0 Å². The van der Waals surface area contributed by atoms with E-state index in [1.807, 2.05) is 35.7 Å². The standard InChI is InChI=1S/C26H20NS.C19H22N.Ir/c1-26(2,19-8-4-3-5-9-19)20-14-15-27-23(17-20)18-12-13-25-22(16-18)21-10-6-7-11-24(21)28-25;1-15-14-20-19(17-10-6-3-7-11-17)13-18(15)12-16-8-4-2-5-9-16;/h3-11,13-17H,1-2H3;3,6-7,10,13-14,16H,2,4-5,8-9,12H2,1H3;/q2*-1;/i;1D3,12D2;. The largest absolute Gasteiger partial charge is 0.305 e. The van der Waals surface area contributed by atoms with Crippen molar-refractivity contribution in [1.82, 2.24) is 9.97 Å². The second kappa shape index (κ2) is 15.7. The maximum absolute atomic E-state index is 8.72. The van der Waals surface area contributed by atoms with E-state index in [9.17, 15) is 0 Å². The fourth-order valence-corrected chi connectivity index (χ4v) is 7.62. The Morgan fingerprint density at radius 2 is 1.55 bits per heavy atom. The predicted octanol–water partition coefficient (Wildman–Crippen LogP) is 12.2. The van der Waals surface area contributed by atoms with Crippen LogP contribution in [0.25, 0.3) is 42.7 Å². The number of hydrogen-bond donors (Lipinski definition) is 0. The van der Waals surface area contributed by atoms with Gasteiger partial charge in [-0.3, -0.25) is 0 Å². The van der Waals surface area contributed by atoms with Gasteiger partial charge >= 0.3 is 0 Å². The number of hydrogen-bond acceptors (Lipinski definition) is 3. The molecule has 49 heavy (non-hydrogen) atoms. The van der Waals surface area contributed by atoms with Crippen LogP contribution in [0.5, 0.6) is 0 Å². The average molecular weight is 840 g/mol. The third-order valence-electron chi connectivity index (χ3n) is 9.42. The minimum atomic E-state index is -2.39. The number of fused-ring (bicyclic) bond motifs is 3. The summed E-state index contributed by atoms with van der Waals surface area (Å²) < 4.78 is 43.4. The minimum absolute atomic E-state index is 0. The zero-order chi connectivity index (χ0) is 37.2. The van der Waals surface area contributed by atoms with Crippen molar-refractivity contribution in [3.8, 4) is 22.5 Å². The molecule has 3 heterocycles. The van der Waals surface area contributed by atoms with Crippen molar-refractivity contribution in [2.75, 3.05) is 0 Å². The van der Waals surface area contributed by atoms with Crippen molar-refractivity contribution in [2.45, 2.75) is 64.6 Å². The molecule has 0 unspecified atom stereocenters. The predicted molar refractivity (Wildman–Crippen MR) is 203 cm³/mol. The van der Waals surface area contributed by atoms with Gasteiger partial charge in [0.15, 0.2) is 0 Å². The summed E-state index contributed by atoms with van der Waals surface area (Å²) in [4.78, 5) is 8.94. The van der Waals surface area contributed by atoms with E-state index in [1.165, 1.54) is 37.5 Å². The molecular weight excluding hydrogens is 793 g/mol. The Morgan fingerprint density at radius 1 is 0.776 bits per heavy atom. The quantitative estimate of drug-likeness (QED) is 0.156. The minimum Gasteiger partial charge on any atom is -0.305 e. The van der Waals surface area contributed by atoms with Crippen molar-refractivity contribution >= 4 is 31.5 Å². The number of aromatic nitrogens is 2. The smallest absolute Gasteiger partial charge is 0.0319 e. The summed E-state index contributed by atoms with van der Waals surface area (Å²) in [6, 6.07) is 43.3. The van der Waals surface area contributed by atoms with E-state index in [4.69, 9.17) is 6.85 Å². The first-order valence-corrected chi connectivity index (χ1v) is 17.6. The monoisotopic (exact) mass is 840 g/mol. The maximum Gasteiger partial charge on any atom is 0.0319 e. The van der Waals surface area contributed by atoms with E-state index in [0.717, 1.165) is 48.9 Å². The van der Waals surface area contributed by atoms with Crippen molar-refractivity contribution < 1.29 is 27.0 Å². The van der Waals surface area contributed by atoms with Crippen LogP contribution in [0.3, 0.4) is 0 Å². The molecule has 0 aliphatic heterocycles. The van der Waals surface area contributed by atoms with E-state index < -0.39 is 13.2 Å². The van der Waals surface area contributed by atoms with Crippen molar-refractivity contribution in [3.05, 3.63) is 156 Å². The summed E-state index contributed by atoms with van der Waals surface area (Å²) in [7, 11) is 0. The molecule has 1 radical (unpaired) electrons. The zero-order valence-electron chi connectivity index (χ0n) is 32.8. The number of aryl methyl sites for hydroxylation is 1. The van der Waals surface area contributed by atoms with Crippen LogP contribution in [0.15, 0.2) is 122 Å². The van der Waals surface area contributed by atoms with E-state index in [2.05, 4.69) is 115 Å². The Balaban J connectivity index is 0.000000182. The number of benzene rings is 4. The molecule has 0 bridgehead atoms. The van der Waals surface area contributed by atoms with Crippen LogP contribution < -0.4 is 0 Å². The van der Waals surface area contributed by atoms with Gasteiger partial charge in [-0.05, 0) is 69.4 Å². The van der Waals surface area contributed by atoms with Crippen molar-refractivity contribution in [1.29, 1.82) is 0 Å². The molecule has 1 aliphatic rings. The van der Waals surface area contributed by atoms with Crippen LogP contribution >= 0.6 is 11.3 Å². The van der Waals surface area contributed by atoms with E-state index in [0.29, 0.717) is 5.69 Å². The van der Waals surface area contributed by atoms with Gasteiger partial charge in [-0.15, -0.1) is 59.7 Å². The van der Waals surface area contributed by atoms with Crippen LogP contribution in [-0.2, 0) is 31.9 Å². The molecule has 0 N–H and O–H groups in total. The second-order valence-corrected chi connectivity index (χ2v) is 14.1. The summed E-state index contributed by atoms with van der Waals surface area (Å²) in [5, 5.41) is 2.59. The van der Waals surface area contributed by atoms with Crippen molar-refractivity contribution in [2.24, 2.45) is 5.92 Å². The Bertz CT molecular complexity index is 2330. The first-order valence-electron chi connectivity index (χ1n) is 19.3. The van der Waals surface area contributed by atoms with E-state index in [1.54, 1.807) is 12.1 Å². The van der Waals surface area contributed by atoms with E-state index >= 15 is 0 Å². The van der Waals surface area contributed by atoms with E-state index in [-0.39, 0.29) is 42.6 Å². The van der Waals surface area contributed by atoms with Gasteiger partial charge in [0, 0.05) is 49.5 Å². The SMILES string of the molecule is CC(C)(c1ccccc1)c1ccnc(-c2[c-]cc3sc4ccccc4c3c2)c1.[2H]C([2H])([2H])c1cnc(-c2[c-]cccc2)cc1C([2H])([2H])C1CCCCC1.[Ir]. The molecule has 2 nitrogen and oxygen atoms in total. The third kappa shape index (κ3) is 7.94. The number of rotatable bonds is 6. The summed E-state index contributed by atoms with van der Waals surface area (Å²) in [6.45, 7) is 2.14. The molecule has 249 valence electrons. The van der Waals surface area contributed by atoms with Gasteiger partial charge in [0.1, 0.15) is 0 Å². The van der Waals surface area contributed by atoms with Gasteiger partial charge in [-0.2, -0.15) is 11.3 Å². The maximum atomic E-state index is 8.72. The molecule has 3 aromatic heterocycles. The summed E-state index contributed by atoms with van der Waals surface area (Å²) >= 11 is 1.82. The van der Waals surface area contributed by atoms with Crippen LogP contribution in [-0.4, -0.2) is 9.97 Å². The Kier molecular flexibility index (Phi) is 9.26. The summed E-state index contributed by atoms with van der Waals surface area (Å²) in [6.07, 6.45) is 6.26. The molecule has 4 heteroatoms. The molecule has 1 saturated carbocycles. The molecular formula is C45H42IrN2S-2. The van der Waals surface area contributed by atoms with Gasteiger partial charge in [0.05, 0.1) is 0 Å². The topological polar surface area (TPSA) is 25.8 Å².